The molecular weight excluding hydrogens is 404 g/mol. The maximum absolute atomic E-state index is 12.9. The largest absolute Gasteiger partial charge is 0.461 e. The maximum atomic E-state index is 12.9. The van der Waals surface area contributed by atoms with Crippen LogP contribution >= 0.6 is 27.3 Å². The molecule has 0 saturated heterocycles. The van der Waals surface area contributed by atoms with Gasteiger partial charge in [-0.3, -0.25) is 14.2 Å². The van der Waals surface area contributed by atoms with Crippen molar-refractivity contribution in [3.8, 4) is 11.1 Å². The molecule has 0 spiro atoms. The van der Waals surface area contributed by atoms with Gasteiger partial charge >= 0.3 is 5.97 Å². The van der Waals surface area contributed by atoms with Gasteiger partial charge in [-0.2, -0.15) is 0 Å². The van der Waals surface area contributed by atoms with Crippen molar-refractivity contribution in [2.75, 3.05) is 0 Å². The number of carbonyl (C=O) groups excluding carboxylic acids is 1. The van der Waals surface area contributed by atoms with Gasteiger partial charge in [-0.25, -0.2) is 4.98 Å². The van der Waals surface area contributed by atoms with E-state index >= 15 is 0 Å². The van der Waals surface area contributed by atoms with Gasteiger partial charge in [0.25, 0.3) is 5.56 Å². The number of benzene rings is 1. The SMILES string of the molecule is CC[C@H](C)OC(=O)Cn1cnc2scc(-c3ccc(Br)cc3)c2c1=O. The first kappa shape index (κ1) is 17.8. The molecule has 1 atom stereocenters. The average molecular weight is 421 g/mol. The van der Waals surface area contributed by atoms with Crippen molar-refractivity contribution in [2.24, 2.45) is 0 Å². The Kier molecular flexibility index (Phi) is 5.34. The molecule has 5 nitrogen and oxygen atoms in total. The smallest absolute Gasteiger partial charge is 0.326 e. The van der Waals surface area contributed by atoms with Gasteiger partial charge in [0, 0.05) is 15.4 Å². The number of thiophene rings is 1. The molecule has 3 aromatic rings. The van der Waals surface area contributed by atoms with Gasteiger partial charge in [0.05, 0.1) is 17.8 Å². The number of ether oxygens (including phenoxy) is 1. The summed E-state index contributed by atoms with van der Waals surface area (Å²) in [4.78, 5) is 29.8. The number of hydrogen-bond acceptors (Lipinski definition) is 5. The third kappa shape index (κ3) is 3.82. The van der Waals surface area contributed by atoms with E-state index in [0.29, 0.717) is 10.2 Å². The van der Waals surface area contributed by atoms with E-state index in [4.69, 9.17) is 4.74 Å². The van der Waals surface area contributed by atoms with E-state index in [1.54, 1.807) is 0 Å². The summed E-state index contributed by atoms with van der Waals surface area (Å²) >= 11 is 4.83. The fourth-order valence-corrected chi connectivity index (χ4v) is 3.58. The standard InChI is InChI=1S/C18H17BrN2O3S/c1-3-11(2)24-15(22)8-21-10-20-17-16(18(21)23)14(9-25-17)12-4-6-13(19)7-5-12/h4-7,9-11H,3,8H2,1-2H3/t11-/m0/s1. The van der Waals surface area contributed by atoms with Crippen LogP contribution in [0.2, 0.25) is 0 Å². The van der Waals surface area contributed by atoms with E-state index in [-0.39, 0.29) is 18.2 Å². The lowest BCUT2D eigenvalue weighted by Crippen LogP contribution is -2.27. The predicted octanol–water partition coefficient (Wildman–Crippen LogP) is 4.23. The first-order valence-electron chi connectivity index (χ1n) is 7.91. The van der Waals surface area contributed by atoms with Crippen molar-refractivity contribution in [3.05, 3.63) is 50.8 Å². The Hall–Kier alpha value is -1.99. The lowest BCUT2D eigenvalue weighted by molar-refractivity contribution is -0.149. The summed E-state index contributed by atoms with van der Waals surface area (Å²) in [6.07, 6.45) is 1.97. The lowest BCUT2D eigenvalue weighted by Gasteiger charge is -2.11. The van der Waals surface area contributed by atoms with Crippen LogP contribution in [0.1, 0.15) is 20.3 Å². The number of fused-ring (bicyclic) bond motifs is 1. The molecule has 2 aromatic heterocycles. The van der Waals surface area contributed by atoms with Gasteiger partial charge in [0.2, 0.25) is 0 Å². The summed E-state index contributed by atoms with van der Waals surface area (Å²) in [5.41, 5.74) is 1.54. The van der Waals surface area contributed by atoms with Crippen LogP contribution in [0.5, 0.6) is 0 Å². The van der Waals surface area contributed by atoms with Crippen molar-refractivity contribution in [2.45, 2.75) is 32.9 Å². The summed E-state index contributed by atoms with van der Waals surface area (Å²) < 4.78 is 7.53. The Morgan fingerprint density at radius 3 is 2.76 bits per heavy atom. The third-order valence-electron chi connectivity index (χ3n) is 3.92. The van der Waals surface area contributed by atoms with E-state index in [0.717, 1.165) is 22.0 Å². The molecule has 0 fully saturated rings. The Bertz CT molecular complexity index is 963. The molecule has 0 amide bonds. The van der Waals surface area contributed by atoms with Gasteiger partial charge in [-0.1, -0.05) is 35.0 Å². The molecule has 0 radical (unpaired) electrons. The molecule has 25 heavy (non-hydrogen) atoms. The Morgan fingerprint density at radius 2 is 2.08 bits per heavy atom. The highest BCUT2D eigenvalue weighted by atomic mass is 79.9. The van der Waals surface area contributed by atoms with E-state index in [1.807, 2.05) is 43.5 Å². The van der Waals surface area contributed by atoms with Gasteiger partial charge < -0.3 is 4.74 Å². The second kappa shape index (κ2) is 7.49. The summed E-state index contributed by atoms with van der Waals surface area (Å²) in [5, 5.41) is 2.45. The fraction of sp³-hybridized carbons (Fsp3) is 0.278. The minimum atomic E-state index is -0.432. The number of hydrogen-bond donors (Lipinski definition) is 0. The second-order valence-corrected chi connectivity index (χ2v) is 7.50. The van der Waals surface area contributed by atoms with Crippen molar-refractivity contribution in [1.82, 2.24) is 9.55 Å². The quantitative estimate of drug-likeness (QED) is 0.579. The zero-order valence-electron chi connectivity index (χ0n) is 13.9. The number of nitrogens with zero attached hydrogens (tertiary/aromatic N) is 2. The van der Waals surface area contributed by atoms with Crippen LogP contribution in [-0.4, -0.2) is 21.6 Å². The highest BCUT2D eigenvalue weighted by Crippen LogP contribution is 2.31. The Balaban J connectivity index is 1.99. The van der Waals surface area contributed by atoms with Crippen molar-refractivity contribution < 1.29 is 9.53 Å². The molecule has 0 aliphatic rings. The zero-order valence-corrected chi connectivity index (χ0v) is 16.3. The van der Waals surface area contributed by atoms with Crippen LogP contribution in [0, 0.1) is 0 Å². The molecule has 0 aliphatic carbocycles. The van der Waals surface area contributed by atoms with Crippen LogP contribution in [-0.2, 0) is 16.1 Å². The molecule has 3 rings (SSSR count). The average Bonchev–Trinajstić information content (AvgIpc) is 3.02. The molecule has 0 bridgehead atoms. The molecular formula is C18H17BrN2O3S. The summed E-state index contributed by atoms with van der Waals surface area (Å²) in [7, 11) is 0. The molecule has 0 N–H and O–H groups in total. The summed E-state index contributed by atoms with van der Waals surface area (Å²) in [6.45, 7) is 3.63. The third-order valence-corrected chi connectivity index (χ3v) is 5.34. The number of rotatable bonds is 5. The van der Waals surface area contributed by atoms with Crippen LogP contribution in [0.25, 0.3) is 21.3 Å². The second-order valence-electron chi connectivity index (χ2n) is 5.72. The molecule has 1 aromatic carbocycles. The first-order valence-corrected chi connectivity index (χ1v) is 9.59. The van der Waals surface area contributed by atoms with Crippen LogP contribution in [0.4, 0.5) is 0 Å². The Morgan fingerprint density at radius 1 is 1.36 bits per heavy atom. The number of halogens is 1. The zero-order chi connectivity index (χ0) is 18.0. The molecule has 7 heteroatoms. The van der Waals surface area contributed by atoms with E-state index in [2.05, 4.69) is 20.9 Å². The van der Waals surface area contributed by atoms with Crippen LogP contribution < -0.4 is 5.56 Å². The monoisotopic (exact) mass is 420 g/mol. The maximum Gasteiger partial charge on any atom is 0.326 e. The van der Waals surface area contributed by atoms with E-state index < -0.39 is 5.97 Å². The number of carbonyl (C=O) groups is 1. The fourth-order valence-electron chi connectivity index (χ4n) is 2.41. The minimum absolute atomic E-state index is 0.137. The van der Waals surface area contributed by atoms with Gasteiger partial charge in [0.15, 0.2) is 0 Å². The molecule has 0 unspecified atom stereocenters. The predicted molar refractivity (Wildman–Crippen MR) is 103 cm³/mol. The van der Waals surface area contributed by atoms with Gasteiger partial charge in [-0.05, 0) is 31.0 Å². The topological polar surface area (TPSA) is 61.2 Å². The van der Waals surface area contributed by atoms with Crippen LogP contribution in [0.15, 0.2) is 45.2 Å². The molecule has 0 saturated carbocycles. The molecule has 130 valence electrons. The normalized spacial score (nSPS) is 12.3. The molecule has 2 heterocycles. The minimum Gasteiger partial charge on any atom is -0.461 e. The first-order chi connectivity index (χ1) is 12.0. The number of esters is 1. The van der Waals surface area contributed by atoms with Crippen molar-refractivity contribution >= 4 is 43.5 Å². The van der Waals surface area contributed by atoms with E-state index in [1.165, 1.54) is 22.2 Å². The van der Waals surface area contributed by atoms with Crippen molar-refractivity contribution in [3.63, 3.8) is 0 Å². The van der Waals surface area contributed by atoms with E-state index in [9.17, 15) is 9.59 Å². The lowest BCUT2D eigenvalue weighted by atomic mass is 10.1. The van der Waals surface area contributed by atoms with Gasteiger partial charge in [-0.15, -0.1) is 11.3 Å². The van der Waals surface area contributed by atoms with Crippen molar-refractivity contribution in [1.29, 1.82) is 0 Å². The highest BCUT2D eigenvalue weighted by Gasteiger charge is 2.16. The Labute approximate surface area is 157 Å². The molecule has 0 aliphatic heterocycles. The number of aromatic nitrogens is 2. The highest BCUT2D eigenvalue weighted by molar-refractivity contribution is 9.10. The van der Waals surface area contributed by atoms with Gasteiger partial charge in [0.1, 0.15) is 11.4 Å². The summed E-state index contributed by atoms with van der Waals surface area (Å²) in [6, 6.07) is 7.74. The van der Waals surface area contributed by atoms with Crippen LogP contribution in [0.3, 0.4) is 0 Å². The summed E-state index contributed by atoms with van der Waals surface area (Å²) in [5.74, 6) is -0.432.